The summed E-state index contributed by atoms with van der Waals surface area (Å²) in [4.78, 5) is 32.6. The van der Waals surface area contributed by atoms with Crippen molar-refractivity contribution >= 4 is 39.2 Å². The van der Waals surface area contributed by atoms with Crippen molar-refractivity contribution in [1.82, 2.24) is 14.5 Å². The quantitative estimate of drug-likeness (QED) is 0.585. The second-order valence-corrected chi connectivity index (χ2v) is 7.53. The number of nitrogens with zero attached hydrogens (tertiary/aromatic N) is 3. The van der Waals surface area contributed by atoms with Crippen molar-refractivity contribution in [2.45, 2.75) is 25.5 Å². The van der Waals surface area contributed by atoms with Gasteiger partial charge in [-0.05, 0) is 19.4 Å². The van der Waals surface area contributed by atoms with Gasteiger partial charge in [0.1, 0.15) is 4.83 Å². The molecule has 0 N–H and O–H groups in total. The summed E-state index contributed by atoms with van der Waals surface area (Å²) in [5.74, 6) is 0.238. The summed E-state index contributed by atoms with van der Waals surface area (Å²) in [6, 6.07) is 0. The average molecular weight is 355 g/mol. The highest BCUT2D eigenvalue weighted by molar-refractivity contribution is 7.99. The Morgan fingerprint density at radius 1 is 1.39 bits per heavy atom. The maximum absolute atomic E-state index is 12.8. The molecule has 1 amide bonds. The molecule has 6 nitrogen and oxygen atoms in total. The van der Waals surface area contributed by atoms with Crippen molar-refractivity contribution in [3.63, 3.8) is 0 Å². The van der Waals surface area contributed by atoms with Crippen molar-refractivity contribution in [3.8, 4) is 0 Å². The molecule has 2 aromatic heterocycles. The van der Waals surface area contributed by atoms with Gasteiger partial charge in [0.2, 0.25) is 5.91 Å². The van der Waals surface area contributed by atoms with Crippen molar-refractivity contribution in [2.75, 3.05) is 33.6 Å². The van der Waals surface area contributed by atoms with Crippen molar-refractivity contribution in [1.29, 1.82) is 0 Å². The number of hydrogen-bond acceptors (Lipinski definition) is 6. The third-order valence-corrected chi connectivity index (χ3v) is 5.66. The number of carbonyl (C=O) groups is 1. The van der Waals surface area contributed by atoms with Crippen molar-refractivity contribution in [2.24, 2.45) is 0 Å². The maximum atomic E-state index is 12.8. The Morgan fingerprint density at radius 3 is 2.70 bits per heavy atom. The molecule has 0 aliphatic carbocycles. The van der Waals surface area contributed by atoms with E-state index in [2.05, 4.69) is 4.98 Å². The first-order valence-electron chi connectivity index (χ1n) is 7.19. The second kappa shape index (κ2) is 7.46. The molecular formula is C15H21N3O3S2. The maximum Gasteiger partial charge on any atom is 0.263 e. The minimum atomic E-state index is -0.0614. The Morgan fingerprint density at radius 2 is 2.09 bits per heavy atom. The number of amides is 1. The molecule has 23 heavy (non-hydrogen) atoms. The van der Waals surface area contributed by atoms with Crippen molar-refractivity contribution < 1.29 is 9.53 Å². The fourth-order valence-electron chi connectivity index (χ4n) is 2.05. The molecule has 2 aromatic rings. The third-order valence-electron chi connectivity index (χ3n) is 3.60. The smallest absolute Gasteiger partial charge is 0.263 e. The molecular weight excluding hydrogens is 334 g/mol. The first kappa shape index (κ1) is 18.0. The fourth-order valence-corrected chi connectivity index (χ4v) is 4.13. The van der Waals surface area contributed by atoms with Gasteiger partial charge in [-0.3, -0.25) is 14.2 Å². The summed E-state index contributed by atoms with van der Waals surface area (Å²) >= 11 is 2.81. The Bertz CT molecular complexity index is 780. The van der Waals surface area contributed by atoms with Crippen LogP contribution in [-0.4, -0.2) is 53.9 Å². The van der Waals surface area contributed by atoms with Gasteiger partial charge < -0.3 is 9.64 Å². The molecule has 0 fully saturated rings. The molecule has 8 heteroatoms. The van der Waals surface area contributed by atoms with E-state index in [9.17, 15) is 9.59 Å². The van der Waals surface area contributed by atoms with E-state index < -0.39 is 0 Å². The molecule has 0 saturated heterocycles. The monoisotopic (exact) mass is 355 g/mol. The van der Waals surface area contributed by atoms with Crippen LogP contribution in [0.15, 0.2) is 9.95 Å². The van der Waals surface area contributed by atoms with Crippen LogP contribution in [0.4, 0.5) is 0 Å². The largest absolute Gasteiger partial charge is 0.383 e. The number of methoxy groups -OCH3 is 1. The average Bonchev–Trinajstić information content (AvgIpc) is 2.78. The third kappa shape index (κ3) is 3.76. The highest BCUT2D eigenvalue weighted by Gasteiger charge is 2.17. The molecule has 0 aliphatic rings. The van der Waals surface area contributed by atoms with E-state index in [0.717, 1.165) is 15.3 Å². The van der Waals surface area contributed by atoms with Crippen LogP contribution in [0.5, 0.6) is 0 Å². The van der Waals surface area contributed by atoms with E-state index in [1.165, 1.54) is 28.0 Å². The topological polar surface area (TPSA) is 64.4 Å². The molecule has 0 spiro atoms. The molecule has 0 saturated carbocycles. The lowest BCUT2D eigenvalue weighted by Gasteiger charge is -2.13. The fraction of sp³-hybridized carbons (Fsp3) is 0.533. The van der Waals surface area contributed by atoms with Gasteiger partial charge in [-0.1, -0.05) is 11.8 Å². The molecule has 126 valence electrons. The summed E-state index contributed by atoms with van der Waals surface area (Å²) in [5.41, 5.74) is 0.920. The van der Waals surface area contributed by atoms with E-state index in [1.54, 1.807) is 25.8 Å². The number of fused-ring (bicyclic) bond motifs is 1. The Kier molecular flexibility index (Phi) is 5.83. The van der Waals surface area contributed by atoms with Gasteiger partial charge in [-0.2, -0.15) is 0 Å². The predicted molar refractivity (Wildman–Crippen MR) is 94.6 cm³/mol. The zero-order valence-corrected chi connectivity index (χ0v) is 15.6. The number of carbonyl (C=O) groups excluding carboxylic acids is 1. The minimum absolute atomic E-state index is 0.0128. The van der Waals surface area contributed by atoms with Crippen LogP contribution < -0.4 is 5.56 Å². The van der Waals surface area contributed by atoms with Crippen LogP contribution in [0.2, 0.25) is 0 Å². The van der Waals surface area contributed by atoms with Gasteiger partial charge in [0.05, 0.1) is 24.3 Å². The summed E-state index contributed by atoms with van der Waals surface area (Å²) in [5, 5.41) is 1.24. The molecule has 0 bridgehead atoms. The van der Waals surface area contributed by atoms with Gasteiger partial charge in [-0.25, -0.2) is 4.98 Å². The number of aryl methyl sites for hydroxylation is 2. The first-order valence-corrected chi connectivity index (χ1v) is 8.99. The van der Waals surface area contributed by atoms with Crippen LogP contribution in [-0.2, 0) is 16.1 Å². The van der Waals surface area contributed by atoms with Crippen LogP contribution >= 0.6 is 23.1 Å². The zero-order valence-electron chi connectivity index (χ0n) is 14.0. The zero-order chi connectivity index (χ0) is 17.1. The van der Waals surface area contributed by atoms with Crippen molar-refractivity contribution in [3.05, 3.63) is 20.8 Å². The summed E-state index contributed by atoms with van der Waals surface area (Å²) in [7, 11) is 5.02. The van der Waals surface area contributed by atoms with Crippen LogP contribution in [0, 0.1) is 13.8 Å². The number of ether oxygens (including phenoxy) is 1. The summed E-state index contributed by atoms with van der Waals surface area (Å²) < 4.78 is 6.71. The molecule has 2 rings (SSSR count). The van der Waals surface area contributed by atoms with Gasteiger partial charge in [0.15, 0.2) is 5.16 Å². The van der Waals surface area contributed by atoms with Gasteiger partial charge in [0.25, 0.3) is 5.56 Å². The molecule has 0 unspecified atom stereocenters. The lowest BCUT2D eigenvalue weighted by atomic mass is 10.2. The normalized spacial score (nSPS) is 11.2. The minimum Gasteiger partial charge on any atom is -0.383 e. The molecule has 0 aliphatic heterocycles. The van der Waals surface area contributed by atoms with Gasteiger partial charge in [-0.15, -0.1) is 11.3 Å². The number of thioether (sulfide) groups is 1. The summed E-state index contributed by atoms with van der Waals surface area (Å²) in [6.45, 7) is 4.78. The highest BCUT2D eigenvalue weighted by Crippen LogP contribution is 2.28. The van der Waals surface area contributed by atoms with Gasteiger partial charge in [0, 0.05) is 26.1 Å². The highest BCUT2D eigenvalue weighted by atomic mass is 32.2. The molecule has 0 aromatic carbocycles. The van der Waals surface area contributed by atoms with Gasteiger partial charge >= 0.3 is 0 Å². The Hall–Kier alpha value is -1.38. The lowest BCUT2D eigenvalue weighted by molar-refractivity contribution is -0.125. The number of aromatic nitrogens is 2. The molecule has 2 heterocycles. The Balaban J connectivity index is 2.48. The van der Waals surface area contributed by atoms with Crippen LogP contribution in [0.1, 0.15) is 10.4 Å². The summed E-state index contributed by atoms with van der Waals surface area (Å²) in [6.07, 6.45) is 0. The van der Waals surface area contributed by atoms with Crippen LogP contribution in [0.25, 0.3) is 10.2 Å². The van der Waals surface area contributed by atoms with E-state index in [1.807, 2.05) is 13.8 Å². The van der Waals surface area contributed by atoms with E-state index in [4.69, 9.17) is 4.74 Å². The number of hydrogen-bond donors (Lipinski definition) is 0. The SMILES string of the molecule is COCCn1c(SCC(=O)N(C)C)nc2sc(C)c(C)c2c1=O. The second-order valence-electron chi connectivity index (χ2n) is 5.38. The molecule has 0 atom stereocenters. The van der Waals surface area contributed by atoms with E-state index in [-0.39, 0.29) is 17.2 Å². The first-order chi connectivity index (χ1) is 10.9. The van der Waals surface area contributed by atoms with Crippen LogP contribution in [0.3, 0.4) is 0 Å². The number of thiophene rings is 1. The standard InChI is InChI=1S/C15H21N3O3S2/c1-9-10(2)23-13-12(9)14(20)18(6-7-21-5)15(16-13)22-8-11(19)17(3)4/h6-8H2,1-5H3. The lowest BCUT2D eigenvalue weighted by Crippen LogP contribution is -2.27. The molecule has 0 radical (unpaired) electrons. The van der Waals surface area contributed by atoms with E-state index in [0.29, 0.717) is 23.7 Å². The van der Waals surface area contributed by atoms with E-state index >= 15 is 0 Å². The number of rotatable bonds is 6. The predicted octanol–water partition coefficient (Wildman–Crippen LogP) is 1.90. The Labute approximate surface area is 143 Å².